The molecule has 20 heavy (non-hydrogen) atoms. The lowest BCUT2D eigenvalue weighted by Gasteiger charge is -2.34. The molecule has 5 heteroatoms. The average molecular weight is 274 g/mol. The number of nitriles is 1. The van der Waals surface area contributed by atoms with Crippen LogP contribution in [-0.2, 0) is 4.79 Å². The molecule has 2 unspecified atom stereocenters. The molecule has 1 fully saturated rings. The van der Waals surface area contributed by atoms with E-state index in [0.29, 0.717) is 30.8 Å². The maximum absolute atomic E-state index is 12.0. The fourth-order valence-corrected chi connectivity index (χ4v) is 2.22. The van der Waals surface area contributed by atoms with Gasteiger partial charge in [-0.25, -0.2) is 0 Å². The van der Waals surface area contributed by atoms with Gasteiger partial charge >= 0.3 is 0 Å². The highest BCUT2D eigenvalue weighted by atomic mass is 16.5. The number of benzene rings is 1. The van der Waals surface area contributed by atoms with Crippen LogP contribution in [0, 0.1) is 17.2 Å². The molecule has 1 amide bonds. The number of aliphatic hydroxyl groups excluding tert-OH is 1. The Labute approximate surface area is 118 Å². The number of ether oxygens (including phenoxy) is 1. The first-order valence-electron chi connectivity index (χ1n) is 6.69. The van der Waals surface area contributed by atoms with E-state index in [9.17, 15) is 9.90 Å². The minimum Gasteiger partial charge on any atom is -0.484 e. The van der Waals surface area contributed by atoms with Crippen LogP contribution in [0.25, 0.3) is 0 Å². The molecule has 1 aliphatic rings. The summed E-state index contributed by atoms with van der Waals surface area (Å²) in [6, 6.07) is 8.68. The van der Waals surface area contributed by atoms with Gasteiger partial charge in [-0.05, 0) is 36.6 Å². The molecular weight excluding hydrogens is 256 g/mol. The van der Waals surface area contributed by atoms with Gasteiger partial charge in [-0.2, -0.15) is 5.26 Å². The maximum atomic E-state index is 12.0. The lowest BCUT2D eigenvalue weighted by atomic mass is 9.97. The SMILES string of the molecule is CC1CN(C(=O)COc2ccc(C#N)cc2)CCC1O. The largest absolute Gasteiger partial charge is 0.484 e. The van der Waals surface area contributed by atoms with Gasteiger partial charge in [-0.15, -0.1) is 0 Å². The van der Waals surface area contributed by atoms with Gasteiger partial charge in [0.05, 0.1) is 17.7 Å². The molecule has 0 aromatic heterocycles. The summed E-state index contributed by atoms with van der Waals surface area (Å²) in [6.45, 7) is 3.05. The van der Waals surface area contributed by atoms with E-state index in [2.05, 4.69) is 0 Å². The Balaban J connectivity index is 1.84. The van der Waals surface area contributed by atoms with Crippen LogP contribution < -0.4 is 4.74 Å². The van der Waals surface area contributed by atoms with Crippen molar-refractivity contribution in [2.45, 2.75) is 19.4 Å². The van der Waals surface area contributed by atoms with Crippen LogP contribution in [0.15, 0.2) is 24.3 Å². The molecule has 0 saturated carbocycles. The first-order valence-corrected chi connectivity index (χ1v) is 6.69. The van der Waals surface area contributed by atoms with Crippen LogP contribution in [0.4, 0.5) is 0 Å². The van der Waals surface area contributed by atoms with Gasteiger partial charge in [-0.1, -0.05) is 6.92 Å². The van der Waals surface area contributed by atoms with Crippen molar-refractivity contribution in [3.05, 3.63) is 29.8 Å². The molecule has 2 rings (SSSR count). The third kappa shape index (κ3) is 3.49. The molecular formula is C15H18N2O3. The first-order chi connectivity index (χ1) is 9.60. The molecule has 1 aliphatic heterocycles. The molecule has 1 aromatic carbocycles. The minimum absolute atomic E-state index is 0.0191. The zero-order valence-electron chi connectivity index (χ0n) is 11.5. The second kappa shape index (κ2) is 6.40. The molecule has 5 nitrogen and oxygen atoms in total. The molecule has 1 heterocycles. The summed E-state index contributed by atoms with van der Waals surface area (Å²) in [5, 5.41) is 18.3. The number of amides is 1. The zero-order chi connectivity index (χ0) is 14.5. The molecule has 0 spiro atoms. The van der Waals surface area contributed by atoms with E-state index < -0.39 is 0 Å². The lowest BCUT2D eigenvalue weighted by molar-refractivity contribution is -0.136. The third-order valence-corrected chi connectivity index (χ3v) is 3.56. The van der Waals surface area contributed by atoms with Crippen molar-refractivity contribution in [1.29, 1.82) is 5.26 Å². The second-order valence-corrected chi connectivity index (χ2v) is 5.10. The Morgan fingerprint density at radius 2 is 2.20 bits per heavy atom. The Kier molecular flexibility index (Phi) is 4.59. The lowest BCUT2D eigenvalue weighted by Crippen LogP contribution is -2.46. The van der Waals surface area contributed by atoms with E-state index in [0.717, 1.165) is 0 Å². The Hall–Kier alpha value is -2.06. The van der Waals surface area contributed by atoms with Gasteiger partial charge in [0.25, 0.3) is 5.91 Å². The minimum atomic E-state index is -0.321. The molecule has 0 aliphatic carbocycles. The van der Waals surface area contributed by atoms with Gasteiger partial charge in [0.2, 0.25) is 0 Å². The number of rotatable bonds is 3. The van der Waals surface area contributed by atoms with Crippen LogP contribution in [0.2, 0.25) is 0 Å². The number of nitrogens with zero attached hydrogens (tertiary/aromatic N) is 2. The number of aliphatic hydroxyl groups is 1. The van der Waals surface area contributed by atoms with Gasteiger partial charge in [-0.3, -0.25) is 4.79 Å². The quantitative estimate of drug-likeness (QED) is 0.897. The van der Waals surface area contributed by atoms with Crippen molar-refractivity contribution < 1.29 is 14.6 Å². The van der Waals surface area contributed by atoms with E-state index >= 15 is 0 Å². The highest BCUT2D eigenvalue weighted by Gasteiger charge is 2.27. The van der Waals surface area contributed by atoms with Crippen LogP contribution in [0.5, 0.6) is 5.75 Å². The van der Waals surface area contributed by atoms with Crippen LogP contribution in [-0.4, -0.2) is 41.7 Å². The monoisotopic (exact) mass is 274 g/mol. The summed E-state index contributed by atoms with van der Waals surface area (Å²) in [6.07, 6.45) is 0.294. The summed E-state index contributed by atoms with van der Waals surface area (Å²) in [5.74, 6) is 0.596. The first kappa shape index (κ1) is 14.4. The number of carbonyl (C=O) groups is 1. The molecule has 2 atom stereocenters. The Bertz CT molecular complexity index is 507. The molecule has 106 valence electrons. The average Bonchev–Trinajstić information content (AvgIpc) is 2.48. The maximum Gasteiger partial charge on any atom is 0.260 e. The molecule has 1 N–H and O–H groups in total. The smallest absolute Gasteiger partial charge is 0.260 e. The summed E-state index contributed by atoms with van der Waals surface area (Å²) >= 11 is 0. The molecule has 0 bridgehead atoms. The fraction of sp³-hybridized carbons (Fsp3) is 0.467. The standard InChI is InChI=1S/C15H18N2O3/c1-11-9-17(7-6-14(11)18)15(19)10-20-13-4-2-12(8-16)3-5-13/h2-5,11,14,18H,6-7,9-10H2,1H3. The van der Waals surface area contributed by atoms with Gasteiger partial charge in [0.1, 0.15) is 5.75 Å². The molecule has 0 radical (unpaired) electrons. The van der Waals surface area contributed by atoms with Crippen molar-refractivity contribution >= 4 is 5.91 Å². The Morgan fingerprint density at radius 3 is 2.80 bits per heavy atom. The Morgan fingerprint density at radius 1 is 1.50 bits per heavy atom. The predicted molar refractivity (Wildman–Crippen MR) is 73.0 cm³/mol. The van der Waals surface area contributed by atoms with E-state index in [1.807, 2.05) is 13.0 Å². The van der Waals surface area contributed by atoms with Gasteiger partial charge < -0.3 is 14.7 Å². The highest BCUT2D eigenvalue weighted by molar-refractivity contribution is 5.77. The second-order valence-electron chi connectivity index (χ2n) is 5.10. The predicted octanol–water partition coefficient (Wildman–Crippen LogP) is 1.17. The highest BCUT2D eigenvalue weighted by Crippen LogP contribution is 2.17. The van der Waals surface area contributed by atoms with E-state index in [4.69, 9.17) is 10.00 Å². The summed E-state index contributed by atoms with van der Waals surface area (Å²) in [5.41, 5.74) is 0.558. The normalized spacial score (nSPS) is 22.1. The van der Waals surface area contributed by atoms with Crippen molar-refractivity contribution in [2.24, 2.45) is 5.92 Å². The van der Waals surface area contributed by atoms with E-state index in [-0.39, 0.29) is 24.5 Å². The van der Waals surface area contributed by atoms with Crippen molar-refractivity contribution in [3.63, 3.8) is 0 Å². The number of hydrogen-bond acceptors (Lipinski definition) is 4. The van der Waals surface area contributed by atoms with Crippen LogP contribution in [0.3, 0.4) is 0 Å². The number of carbonyl (C=O) groups excluding carboxylic acids is 1. The topological polar surface area (TPSA) is 73.6 Å². The van der Waals surface area contributed by atoms with Crippen LogP contribution in [0.1, 0.15) is 18.9 Å². The zero-order valence-corrected chi connectivity index (χ0v) is 11.5. The van der Waals surface area contributed by atoms with E-state index in [1.54, 1.807) is 29.2 Å². The number of piperidine rings is 1. The summed E-state index contributed by atoms with van der Waals surface area (Å²) in [7, 11) is 0. The van der Waals surface area contributed by atoms with Crippen molar-refractivity contribution in [2.75, 3.05) is 19.7 Å². The van der Waals surface area contributed by atoms with Gasteiger partial charge in [0, 0.05) is 13.1 Å². The summed E-state index contributed by atoms with van der Waals surface area (Å²) < 4.78 is 5.42. The van der Waals surface area contributed by atoms with Gasteiger partial charge in [0.15, 0.2) is 6.61 Å². The molecule has 1 aromatic rings. The van der Waals surface area contributed by atoms with Crippen molar-refractivity contribution in [1.82, 2.24) is 4.90 Å². The summed E-state index contributed by atoms with van der Waals surface area (Å²) in [4.78, 5) is 13.7. The third-order valence-electron chi connectivity index (χ3n) is 3.56. The van der Waals surface area contributed by atoms with Crippen molar-refractivity contribution in [3.8, 4) is 11.8 Å². The number of hydrogen-bond donors (Lipinski definition) is 1. The fourth-order valence-electron chi connectivity index (χ4n) is 2.22. The van der Waals surface area contributed by atoms with Crippen LogP contribution >= 0.6 is 0 Å². The van der Waals surface area contributed by atoms with E-state index in [1.165, 1.54) is 0 Å². The number of likely N-dealkylation sites (tertiary alicyclic amines) is 1. The molecule has 1 saturated heterocycles.